The molecule has 6 heteroatoms. The zero-order chi connectivity index (χ0) is 13.7. The number of anilines is 1. The van der Waals surface area contributed by atoms with Gasteiger partial charge in [0, 0.05) is 19.1 Å². The van der Waals surface area contributed by atoms with E-state index in [0.717, 1.165) is 6.54 Å². The minimum atomic E-state index is -1.12. The van der Waals surface area contributed by atoms with Crippen molar-refractivity contribution in [3.63, 3.8) is 0 Å². The quantitative estimate of drug-likeness (QED) is 0.830. The molecule has 0 atom stereocenters. The molecule has 0 saturated heterocycles. The minimum Gasteiger partial charge on any atom is -0.476 e. The predicted molar refractivity (Wildman–Crippen MR) is 72.5 cm³/mol. The number of carbonyl (C=O) groups is 1. The molecule has 18 heavy (non-hydrogen) atoms. The summed E-state index contributed by atoms with van der Waals surface area (Å²) in [5.41, 5.74) is -0.126. The standard InChI is InChI=1S/C12H18ClN3O2/c1-8(2)16(3)7-6-14-10-5-4-9(13)11(15-10)12(17)18/h4-5,8H,6-7H2,1-3H3,(H,14,15)(H,17,18). The monoisotopic (exact) mass is 271 g/mol. The number of aromatic carboxylic acids is 1. The summed E-state index contributed by atoms with van der Waals surface area (Å²) in [7, 11) is 2.03. The van der Waals surface area contributed by atoms with E-state index in [1.807, 2.05) is 7.05 Å². The molecule has 0 radical (unpaired) electrons. The lowest BCUT2D eigenvalue weighted by molar-refractivity contribution is 0.0691. The number of hydrogen-bond donors (Lipinski definition) is 2. The fourth-order valence-electron chi connectivity index (χ4n) is 1.31. The van der Waals surface area contributed by atoms with Crippen LogP contribution in [0, 0.1) is 0 Å². The predicted octanol–water partition coefficient (Wildman–Crippen LogP) is 2.19. The SMILES string of the molecule is CC(C)N(C)CCNc1ccc(Cl)c(C(=O)O)n1. The summed E-state index contributed by atoms with van der Waals surface area (Å²) in [6.07, 6.45) is 0. The van der Waals surface area contributed by atoms with Gasteiger partial charge in [-0.2, -0.15) is 0 Å². The van der Waals surface area contributed by atoms with Crippen LogP contribution in [-0.4, -0.2) is 47.1 Å². The Bertz CT molecular complexity index is 424. The van der Waals surface area contributed by atoms with Crippen LogP contribution in [0.15, 0.2) is 12.1 Å². The summed E-state index contributed by atoms with van der Waals surface area (Å²) in [6.45, 7) is 5.78. The van der Waals surface area contributed by atoms with Crippen LogP contribution >= 0.6 is 11.6 Å². The summed E-state index contributed by atoms with van der Waals surface area (Å²) in [4.78, 5) is 17.0. The van der Waals surface area contributed by atoms with Crippen molar-refractivity contribution in [3.05, 3.63) is 22.8 Å². The first-order valence-corrected chi connectivity index (χ1v) is 6.13. The average molecular weight is 272 g/mol. The van der Waals surface area contributed by atoms with Gasteiger partial charge >= 0.3 is 5.97 Å². The van der Waals surface area contributed by atoms with Gasteiger partial charge in [0.25, 0.3) is 0 Å². The van der Waals surface area contributed by atoms with Gasteiger partial charge in [-0.1, -0.05) is 11.6 Å². The fourth-order valence-corrected chi connectivity index (χ4v) is 1.50. The van der Waals surface area contributed by atoms with Crippen LogP contribution in [0.25, 0.3) is 0 Å². The van der Waals surface area contributed by atoms with Crippen LogP contribution in [0.4, 0.5) is 5.82 Å². The van der Waals surface area contributed by atoms with Gasteiger partial charge in [-0.3, -0.25) is 0 Å². The van der Waals surface area contributed by atoms with Crippen LogP contribution in [0.3, 0.4) is 0 Å². The molecule has 0 amide bonds. The third kappa shape index (κ3) is 4.16. The summed E-state index contributed by atoms with van der Waals surface area (Å²) in [5.74, 6) is -0.600. The van der Waals surface area contributed by atoms with Crippen molar-refractivity contribution in [3.8, 4) is 0 Å². The highest BCUT2D eigenvalue weighted by molar-refractivity contribution is 6.33. The lowest BCUT2D eigenvalue weighted by Gasteiger charge is -2.21. The maximum absolute atomic E-state index is 10.9. The smallest absolute Gasteiger partial charge is 0.356 e. The Kier molecular flexibility index (Phi) is 5.37. The number of nitrogens with one attached hydrogen (secondary N) is 1. The van der Waals surface area contributed by atoms with E-state index in [-0.39, 0.29) is 10.7 Å². The van der Waals surface area contributed by atoms with Crippen molar-refractivity contribution in [1.82, 2.24) is 9.88 Å². The molecule has 0 aromatic carbocycles. The Labute approximate surface area is 112 Å². The third-order valence-corrected chi connectivity index (χ3v) is 3.01. The third-order valence-electron chi connectivity index (χ3n) is 2.70. The molecule has 1 aromatic heterocycles. The zero-order valence-electron chi connectivity index (χ0n) is 10.8. The minimum absolute atomic E-state index is 0.126. The summed E-state index contributed by atoms with van der Waals surface area (Å²) < 4.78 is 0. The van der Waals surface area contributed by atoms with Crippen molar-refractivity contribution in [1.29, 1.82) is 0 Å². The van der Waals surface area contributed by atoms with Gasteiger partial charge in [0.15, 0.2) is 5.69 Å². The highest BCUT2D eigenvalue weighted by Gasteiger charge is 2.11. The van der Waals surface area contributed by atoms with Gasteiger partial charge in [0.1, 0.15) is 5.82 Å². The van der Waals surface area contributed by atoms with Crippen LogP contribution in [0.5, 0.6) is 0 Å². The molecule has 0 spiro atoms. The Morgan fingerprint density at radius 2 is 2.22 bits per heavy atom. The fraction of sp³-hybridized carbons (Fsp3) is 0.500. The van der Waals surface area contributed by atoms with Crippen molar-refractivity contribution in [2.24, 2.45) is 0 Å². The molecule has 0 unspecified atom stereocenters. The first-order valence-electron chi connectivity index (χ1n) is 5.75. The number of halogens is 1. The maximum atomic E-state index is 10.9. The van der Waals surface area contributed by atoms with Gasteiger partial charge < -0.3 is 15.3 Å². The molecular formula is C12H18ClN3O2. The van der Waals surface area contributed by atoms with Crippen LogP contribution in [-0.2, 0) is 0 Å². The highest BCUT2D eigenvalue weighted by Crippen LogP contribution is 2.16. The Balaban J connectivity index is 2.58. The molecule has 2 N–H and O–H groups in total. The maximum Gasteiger partial charge on any atom is 0.356 e. The number of aromatic nitrogens is 1. The zero-order valence-corrected chi connectivity index (χ0v) is 11.5. The van der Waals surface area contributed by atoms with E-state index in [4.69, 9.17) is 16.7 Å². The molecule has 0 fully saturated rings. The molecule has 5 nitrogen and oxygen atoms in total. The van der Waals surface area contributed by atoms with Gasteiger partial charge in [-0.25, -0.2) is 9.78 Å². The topological polar surface area (TPSA) is 65.5 Å². The van der Waals surface area contributed by atoms with Crippen molar-refractivity contribution in [2.45, 2.75) is 19.9 Å². The molecular weight excluding hydrogens is 254 g/mol. The summed E-state index contributed by atoms with van der Waals surface area (Å²) >= 11 is 5.74. The van der Waals surface area contributed by atoms with E-state index in [1.165, 1.54) is 6.07 Å². The lowest BCUT2D eigenvalue weighted by atomic mass is 10.3. The second-order valence-corrected chi connectivity index (χ2v) is 4.74. The summed E-state index contributed by atoms with van der Waals surface area (Å²) in [6, 6.07) is 3.68. The second-order valence-electron chi connectivity index (χ2n) is 4.33. The van der Waals surface area contributed by atoms with Gasteiger partial charge in [-0.15, -0.1) is 0 Å². The van der Waals surface area contributed by atoms with Crippen molar-refractivity contribution < 1.29 is 9.90 Å². The first kappa shape index (κ1) is 14.7. The molecule has 0 saturated carbocycles. The van der Waals surface area contributed by atoms with Crippen LogP contribution in [0.1, 0.15) is 24.3 Å². The lowest BCUT2D eigenvalue weighted by Crippen LogP contribution is -2.31. The number of rotatable bonds is 6. The van der Waals surface area contributed by atoms with Gasteiger partial charge in [0.05, 0.1) is 5.02 Å². The number of hydrogen-bond acceptors (Lipinski definition) is 4. The molecule has 0 bridgehead atoms. The Hall–Kier alpha value is -1.33. The van der Waals surface area contributed by atoms with Crippen molar-refractivity contribution >= 4 is 23.4 Å². The second kappa shape index (κ2) is 6.56. The average Bonchev–Trinajstić information content (AvgIpc) is 2.30. The molecule has 0 aliphatic heterocycles. The summed E-state index contributed by atoms with van der Waals surface area (Å²) in [5, 5.41) is 12.1. The van der Waals surface area contributed by atoms with Crippen LogP contribution in [0.2, 0.25) is 5.02 Å². The number of carboxylic acids is 1. The number of nitrogens with zero attached hydrogens (tertiary/aromatic N) is 2. The van der Waals surface area contributed by atoms with Crippen molar-refractivity contribution in [2.75, 3.05) is 25.5 Å². The van der Waals surface area contributed by atoms with E-state index in [2.05, 4.69) is 29.0 Å². The molecule has 100 valence electrons. The van der Waals surface area contributed by atoms with E-state index >= 15 is 0 Å². The normalized spacial score (nSPS) is 11.0. The van der Waals surface area contributed by atoms with E-state index in [1.54, 1.807) is 6.07 Å². The van der Waals surface area contributed by atoms with Gasteiger partial charge in [0.2, 0.25) is 0 Å². The first-order chi connectivity index (χ1) is 8.41. The molecule has 1 heterocycles. The number of carboxylic acid groups (broad SMARTS) is 1. The van der Waals surface area contributed by atoms with E-state index in [9.17, 15) is 4.79 Å². The Morgan fingerprint density at radius 3 is 2.78 bits per heavy atom. The van der Waals surface area contributed by atoms with Crippen LogP contribution < -0.4 is 5.32 Å². The van der Waals surface area contributed by atoms with E-state index < -0.39 is 5.97 Å². The molecule has 0 aliphatic rings. The molecule has 0 aliphatic carbocycles. The Morgan fingerprint density at radius 1 is 1.56 bits per heavy atom. The molecule has 1 rings (SSSR count). The number of pyridine rings is 1. The van der Waals surface area contributed by atoms with Gasteiger partial charge in [-0.05, 0) is 33.0 Å². The largest absolute Gasteiger partial charge is 0.476 e. The molecule has 1 aromatic rings. The van der Waals surface area contributed by atoms with E-state index in [0.29, 0.717) is 18.4 Å². The number of likely N-dealkylation sites (N-methyl/N-ethyl adjacent to an activating group) is 1. The highest BCUT2D eigenvalue weighted by atomic mass is 35.5.